The minimum absolute atomic E-state index is 0.112. The zero-order valence-electron chi connectivity index (χ0n) is 12.0. The van der Waals surface area contributed by atoms with Gasteiger partial charge in [-0.05, 0) is 40.0 Å². The molecule has 2 aromatic rings. The van der Waals surface area contributed by atoms with E-state index in [-0.39, 0.29) is 6.04 Å². The number of benzene rings is 1. The van der Waals surface area contributed by atoms with Crippen molar-refractivity contribution in [3.63, 3.8) is 0 Å². The zero-order valence-corrected chi connectivity index (χ0v) is 14.4. The standard InChI is InChI=1S/C14H19BrClN5/c1-3-11-14(15)13(21(2)20-11)7-12(19-18)9-5-4-8(16)6-10(9)17/h4-6,12,19H,3,7,17-18H2,1-2H3. The minimum Gasteiger partial charge on any atom is -0.398 e. The summed E-state index contributed by atoms with van der Waals surface area (Å²) in [6, 6.07) is 5.33. The number of hydrogen-bond donors (Lipinski definition) is 3. The van der Waals surface area contributed by atoms with E-state index in [1.807, 2.05) is 23.9 Å². The normalized spacial score (nSPS) is 12.6. The maximum absolute atomic E-state index is 6.04. The molecule has 0 aliphatic rings. The Balaban J connectivity index is 2.33. The molecule has 0 saturated carbocycles. The van der Waals surface area contributed by atoms with E-state index in [4.69, 9.17) is 23.2 Å². The quantitative estimate of drug-likeness (QED) is 0.428. The fraction of sp³-hybridized carbons (Fsp3) is 0.357. The molecule has 1 aromatic carbocycles. The molecule has 0 fully saturated rings. The van der Waals surface area contributed by atoms with E-state index in [0.29, 0.717) is 17.1 Å². The van der Waals surface area contributed by atoms with E-state index < -0.39 is 0 Å². The smallest absolute Gasteiger partial charge is 0.0766 e. The molecule has 0 amide bonds. The minimum atomic E-state index is -0.112. The van der Waals surface area contributed by atoms with Crippen molar-refractivity contribution in [2.75, 3.05) is 5.73 Å². The Kier molecular flexibility index (Phi) is 5.27. The summed E-state index contributed by atoms with van der Waals surface area (Å²) in [5.74, 6) is 5.72. The molecule has 1 unspecified atom stereocenters. The third-order valence-corrected chi connectivity index (χ3v) is 4.68. The monoisotopic (exact) mass is 371 g/mol. The van der Waals surface area contributed by atoms with Crippen molar-refractivity contribution in [3.8, 4) is 0 Å². The number of anilines is 1. The number of rotatable bonds is 5. The summed E-state index contributed by atoms with van der Waals surface area (Å²) in [7, 11) is 1.93. The summed E-state index contributed by atoms with van der Waals surface area (Å²) in [4.78, 5) is 0. The van der Waals surface area contributed by atoms with Gasteiger partial charge in [-0.15, -0.1) is 0 Å². The third-order valence-electron chi connectivity index (χ3n) is 3.53. The van der Waals surface area contributed by atoms with Crippen LogP contribution < -0.4 is 17.0 Å². The summed E-state index contributed by atoms with van der Waals surface area (Å²) in [5.41, 5.74) is 12.5. The van der Waals surface area contributed by atoms with Crippen molar-refractivity contribution in [3.05, 3.63) is 44.6 Å². The summed E-state index contributed by atoms with van der Waals surface area (Å²) < 4.78 is 2.90. The van der Waals surface area contributed by atoms with Crippen LogP contribution in [0, 0.1) is 0 Å². The molecule has 1 aromatic heterocycles. The number of hydrazine groups is 1. The van der Waals surface area contributed by atoms with Crippen LogP contribution in [-0.4, -0.2) is 9.78 Å². The Morgan fingerprint density at radius 2 is 2.19 bits per heavy atom. The van der Waals surface area contributed by atoms with Crippen LogP contribution in [0.2, 0.25) is 5.02 Å². The molecule has 114 valence electrons. The molecular weight excluding hydrogens is 354 g/mol. The van der Waals surface area contributed by atoms with Crippen LogP contribution in [0.5, 0.6) is 0 Å². The Bertz CT molecular complexity index is 641. The summed E-state index contributed by atoms with van der Waals surface area (Å²) in [5, 5.41) is 5.11. The van der Waals surface area contributed by atoms with Crippen molar-refractivity contribution >= 4 is 33.2 Å². The lowest BCUT2D eigenvalue weighted by Gasteiger charge is -2.19. The molecule has 0 bridgehead atoms. The van der Waals surface area contributed by atoms with Crippen molar-refractivity contribution < 1.29 is 0 Å². The van der Waals surface area contributed by atoms with Gasteiger partial charge in [-0.25, -0.2) is 0 Å². The molecule has 5 nitrogen and oxygen atoms in total. The van der Waals surface area contributed by atoms with Gasteiger partial charge in [-0.3, -0.25) is 16.0 Å². The fourth-order valence-corrected chi connectivity index (χ4v) is 3.32. The maximum atomic E-state index is 6.04. The molecule has 0 aliphatic carbocycles. The molecule has 0 radical (unpaired) electrons. The molecule has 5 N–H and O–H groups in total. The predicted molar refractivity (Wildman–Crippen MR) is 89.9 cm³/mol. The van der Waals surface area contributed by atoms with Crippen LogP contribution >= 0.6 is 27.5 Å². The number of nitrogens with two attached hydrogens (primary N) is 2. The van der Waals surface area contributed by atoms with Gasteiger partial charge >= 0.3 is 0 Å². The number of hydrogen-bond acceptors (Lipinski definition) is 4. The van der Waals surface area contributed by atoms with Gasteiger partial charge in [0.2, 0.25) is 0 Å². The van der Waals surface area contributed by atoms with Crippen molar-refractivity contribution in [2.45, 2.75) is 25.8 Å². The van der Waals surface area contributed by atoms with Gasteiger partial charge in [-0.1, -0.05) is 24.6 Å². The van der Waals surface area contributed by atoms with Gasteiger partial charge in [0.05, 0.1) is 21.9 Å². The van der Waals surface area contributed by atoms with Gasteiger partial charge in [0, 0.05) is 24.2 Å². The highest BCUT2D eigenvalue weighted by atomic mass is 79.9. The lowest BCUT2D eigenvalue weighted by Crippen LogP contribution is -2.30. The second-order valence-electron chi connectivity index (χ2n) is 4.88. The third kappa shape index (κ3) is 3.40. The molecule has 0 spiro atoms. The van der Waals surface area contributed by atoms with Crippen molar-refractivity contribution in [2.24, 2.45) is 12.9 Å². The molecule has 2 rings (SSSR count). The van der Waals surface area contributed by atoms with Crippen LogP contribution in [0.4, 0.5) is 5.69 Å². The average molecular weight is 373 g/mol. The summed E-state index contributed by atoms with van der Waals surface area (Å²) >= 11 is 9.56. The lowest BCUT2D eigenvalue weighted by atomic mass is 10.0. The van der Waals surface area contributed by atoms with Gasteiger partial charge in [0.15, 0.2) is 0 Å². The first kappa shape index (κ1) is 16.3. The second-order valence-corrected chi connectivity index (χ2v) is 6.11. The number of aromatic nitrogens is 2. The number of nitrogens with zero attached hydrogens (tertiary/aromatic N) is 2. The van der Waals surface area contributed by atoms with Gasteiger partial charge in [0.25, 0.3) is 0 Å². The first-order chi connectivity index (χ1) is 9.97. The topological polar surface area (TPSA) is 81.9 Å². The van der Waals surface area contributed by atoms with Crippen molar-refractivity contribution in [1.82, 2.24) is 15.2 Å². The molecule has 1 atom stereocenters. The van der Waals surface area contributed by atoms with Crippen molar-refractivity contribution in [1.29, 1.82) is 0 Å². The van der Waals surface area contributed by atoms with Gasteiger partial charge < -0.3 is 5.73 Å². The highest BCUT2D eigenvalue weighted by molar-refractivity contribution is 9.10. The SMILES string of the molecule is CCc1nn(C)c(CC(NN)c2ccc(Cl)cc2N)c1Br. The second kappa shape index (κ2) is 6.79. The zero-order chi connectivity index (χ0) is 15.6. The van der Waals surface area contributed by atoms with E-state index >= 15 is 0 Å². The number of aryl methyl sites for hydroxylation is 2. The van der Waals surface area contributed by atoms with Crippen LogP contribution in [0.3, 0.4) is 0 Å². The van der Waals surface area contributed by atoms with Crippen LogP contribution in [-0.2, 0) is 19.9 Å². The highest BCUT2D eigenvalue weighted by Gasteiger charge is 2.19. The average Bonchev–Trinajstić information content (AvgIpc) is 2.72. The van der Waals surface area contributed by atoms with Crippen LogP contribution in [0.15, 0.2) is 22.7 Å². The van der Waals surface area contributed by atoms with E-state index in [0.717, 1.165) is 27.8 Å². The fourth-order valence-electron chi connectivity index (χ4n) is 2.36. The largest absolute Gasteiger partial charge is 0.398 e. The maximum Gasteiger partial charge on any atom is 0.0766 e. The van der Waals surface area contributed by atoms with E-state index in [2.05, 4.69) is 33.4 Å². The molecule has 0 aliphatic heterocycles. The Morgan fingerprint density at radius 1 is 1.48 bits per heavy atom. The molecule has 7 heteroatoms. The van der Waals surface area contributed by atoms with Crippen LogP contribution in [0.25, 0.3) is 0 Å². The molecule has 0 saturated heterocycles. The van der Waals surface area contributed by atoms with Gasteiger partial charge in [0.1, 0.15) is 0 Å². The highest BCUT2D eigenvalue weighted by Crippen LogP contribution is 2.29. The Hall–Kier alpha value is -1.08. The lowest BCUT2D eigenvalue weighted by molar-refractivity contribution is 0.530. The molecular formula is C14H19BrClN5. The first-order valence-electron chi connectivity index (χ1n) is 6.69. The molecule has 21 heavy (non-hydrogen) atoms. The number of halogens is 2. The Labute approximate surface area is 137 Å². The summed E-state index contributed by atoms with van der Waals surface area (Å²) in [6.45, 7) is 2.08. The number of nitrogens with one attached hydrogen (secondary N) is 1. The summed E-state index contributed by atoms with van der Waals surface area (Å²) in [6.07, 6.45) is 1.55. The Morgan fingerprint density at radius 3 is 2.71 bits per heavy atom. The first-order valence-corrected chi connectivity index (χ1v) is 7.86. The molecule has 1 heterocycles. The van der Waals surface area contributed by atoms with Crippen LogP contribution in [0.1, 0.15) is 29.9 Å². The van der Waals surface area contributed by atoms with Gasteiger partial charge in [-0.2, -0.15) is 5.10 Å². The predicted octanol–water partition coefficient (Wildman–Crippen LogP) is 2.73. The van der Waals surface area contributed by atoms with E-state index in [9.17, 15) is 0 Å². The van der Waals surface area contributed by atoms with E-state index in [1.54, 1.807) is 6.07 Å². The number of nitrogen functional groups attached to an aromatic ring is 1. The van der Waals surface area contributed by atoms with E-state index in [1.165, 1.54) is 0 Å².